The molecule has 0 aromatic rings. The minimum atomic E-state index is 0.674. The molecule has 60 valence electrons. The molecule has 0 fully saturated rings. The van der Waals surface area contributed by atoms with Crippen LogP contribution in [-0.2, 0) is 0 Å². The first-order valence-corrected chi connectivity index (χ1v) is 3.51. The second-order valence-electron chi connectivity index (χ2n) is 2.54. The number of hydrogen-bond acceptors (Lipinski definition) is 3. The van der Waals surface area contributed by atoms with E-state index >= 15 is 0 Å². The lowest BCUT2D eigenvalue weighted by Gasteiger charge is -2.26. The van der Waals surface area contributed by atoms with Crippen LogP contribution in [0.25, 0.3) is 0 Å². The van der Waals surface area contributed by atoms with Crippen LogP contribution in [0.4, 0.5) is 0 Å². The minimum Gasteiger partial charge on any atom is -0.342 e. The average molecular weight is 151 g/mol. The molecule has 0 N–H and O–H groups in total. The highest BCUT2D eigenvalue weighted by atomic mass is 15.3. The summed E-state index contributed by atoms with van der Waals surface area (Å²) >= 11 is 0. The van der Waals surface area contributed by atoms with Crippen molar-refractivity contribution in [3.05, 3.63) is 24.7 Å². The van der Waals surface area contributed by atoms with Crippen LogP contribution in [0.5, 0.6) is 0 Å². The molecule has 1 aliphatic rings. The zero-order valence-electron chi connectivity index (χ0n) is 6.99. The number of nitrogens with zero attached hydrogens (tertiary/aromatic N) is 3. The van der Waals surface area contributed by atoms with E-state index in [1.54, 1.807) is 6.21 Å². The lowest BCUT2D eigenvalue weighted by atomic mass is 10.5. The fourth-order valence-electron chi connectivity index (χ4n) is 0.835. The van der Waals surface area contributed by atoms with Crippen molar-refractivity contribution in [2.75, 3.05) is 20.8 Å². The van der Waals surface area contributed by atoms with Crippen molar-refractivity contribution in [1.29, 1.82) is 0 Å². The van der Waals surface area contributed by atoms with Crippen molar-refractivity contribution in [1.82, 2.24) is 9.80 Å². The van der Waals surface area contributed by atoms with Gasteiger partial charge < -0.3 is 9.80 Å². The molecule has 0 amide bonds. The van der Waals surface area contributed by atoms with Crippen LogP contribution in [0.3, 0.4) is 0 Å². The third-order valence-electron chi connectivity index (χ3n) is 1.64. The van der Waals surface area contributed by atoms with Gasteiger partial charge in [0.15, 0.2) is 0 Å². The second-order valence-corrected chi connectivity index (χ2v) is 2.54. The molecule has 0 aromatic carbocycles. The molecular weight excluding hydrogens is 138 g/mol. The second kappa shape index (κ2) is 3.23. The van der Waals surface area contributed by atoms with Gasteiger partial charge in [-0.25, -0.2) is 0 Å². The highest BCUT2D eigenvalue weighted by Gasteiger charge is 2.04. The van der Waals surface area contributed by atoms with Gasteiger partial charge in [0, 0.05) is 26.5 Å². The first-order chi connectivity index (χ1) is 5.22. The number of rotatable bonds is 0. The molecule has 0 radical (unpaired) electrons. The van der Waals surface area contributed by atoms with E-state index in [4.69, 9.17) is 0 Å². The molecular formula is C8H13N3. The number of hydrogen-bond donors (Lipinski definition) is 0. The van der Waals surface area contributed by atoms with E-state index in [0.717, 1.165) is 5.82 Å². The summed E-state index contributed by atoms with van der Waals surface area (Å²) in [6, 6.07) is 0. The van der Waals surface area contributed by atoms with E-state index in [9.17, 15) is 0 Å². The first-order valence-electron chi connectivity index (χ1n) is 3.51. The van der Waals surface area contributed by atoms with Gasteiger partial charge in [-0.3, -0.25) is 4.99 Å². The third kappa shape index (κ3) is 1.83. The van der Waals surface area contributed by atoms with Crippen LogP contribution in [0.15, 0.2) is 29.7 Å². The van der Waals surface area contributed by atoms with Gasteiger partial charge in [-0.05, 0) is 6.08 Å². The molecule has 0 spiro atoms. The van der Waals surface area contributed by atoms with E-state index in [2.05, 4.69) is 11.6 Å². The molecule has 1 heterocycles. The van der Waals surface area contributed by atoms with Gasteiger partial charge in [0.25, 0.3) is 0 Å². The summed E-state index contributed by atoms with van der Waals surface area (Å²) in [6.07, 6.45) is 5.62. The smallest absolute Gasteiger partial charge is 0.111 e. The average Bonchev–Trinajstić information content (AvgIpc) is 2.00. The van der Waals surface area contributed by atoms with Crippen molar-refractivity contribution < 1.29 is 0 Å². The zero-order chi connectivity index (χ0) is 8.27. The Balaban J connectivity index is 2.75. The van der Waals surface area contributed by atoms with Crippen LogP contribution in [0.1, 0.15) is 0 Å². The summed E-state index contributed by atoms with van der Waals surface area (Å²) in [5, 5.41) is 0. The van der Waals surface area contributed by atoms with Gasteiger partial charge in [0.05, 0.1) is 0 Å². The molecule has 0 bridgehead atoms. The molecule has 11 heavy (non-hydrogen) atoms. The van der Waals surface area contributed by atoms with Crippen LogP contribution >= 0.6 is 0 Å². The van der Waals surface area contributed by atoms with Gasteiger partial charge in [-0.15, -0.1) is 0 Å². The predicted molar refractivity (Wildman–Crippen MR) is 47.2 cm³/mol. The molecule has 0 saturated carbocycles. The molecule has 0 aromatic heterocycles. The monoisotopic (exact) mass is 151 g/mol. The maximum atomic E-state index is 4.12. The zero-order valence-corrected chi connectivity index (χ0v) is 6.99. The molecule has 1 rings (SSSR count). The van der Waals surface area contributed by atoms with Gasteiger partial charge in [0.1, 0.15) is 12.5 Å². The minimum absolute atomic E-state index is 0.674. The van der Waals surface area contributed by atoms with Gasteiger partial charge in [-0.2, -0.15) is 0 Å². The van der Waals surface area contributed by atoms with Gasteiger partial charge in [0.2, 0.25) is 0 Å². The SMILES string of the molecule is C=C1N(C)/C=C\C=N/CN1C. The Morgan fingerprint density at radius 1 is 1.55 bits per heavy atom. The summed E-state index contributed by atoms with van der Waals surface area (Å²) in [4.78, 5) is 8.07. The summed E-state index contributed by atoms with van der Waals surface area (Å²) in [6.45, 7) is 4.58. The van der Waals surface area contributed by atoms with Crippen molar-refractivity contribution in [2.24, 2.45) is 4.99 Å². The lowest BCUT2D eigenvalue weighted by molar-refractivity contribution is 0.327. The third-order valence-corrected chi connectivity index (χ3v) is 1.64. The van der Waals surface area contributed by atoms with Crippen LogP contribution in [0.2, 0.25) is 0 Å². The fourth-order valence-corrected chi connectivity index (χ4v) is 0.835. The van der Waals surface area contributed by atoms with Crippen LogP contribution in [0, 0.1) is 0 Å². The molecule has 0 saturated heterocycles. The maximum Gasteiger partial charge on any atom is 0.111 e. The summed E-state index contributed by atoms with van der Waals surface area (Å²) in [5.74, 6) is 0.957. The van der Waals surface area contributed by atoms with Gasteiger partial charge >= 0.3 is 0 Å². The molecule has 1 aliphatic heterocycles. The lowest BCUT2D eigenvalue weighted by Crippen LogP contribution is -2.27. The Hall–Kier alpha value is -1.25. The largest absolute Gasteiger partial charge is 0.342 e. The van der Waals surface area contributed by atoms with E-state index in [1.165, 1.54) is 0 Å². The van der Waals surface area contributed by atoms with E-state index in [-0.39, 0.29) is 0 Å². The van der Waals surface area contributed by atoms with Crippen molar-refractivity contribution >= 4 is 6.21 Å². The Labute approximate surface area is 67.3 Å². The molecule has 0 unspecified atom stereocenters. The van der Waals surface area contributed by atoms with Crippen molar-refractivity contribution in [3.8, 4) is 0 Å². The molecule has 3 heteroatoms. The summed E-state index contributed by atoms with van der Waals surface area (Å²) in [7, 11) is 3.93. The van der Waals surface area contributed by atoms with Crippen LogP contribution < -0.4 is 0 Å². The maximum absolute atomic E-state index is 4.12. The van der Waals surface area contributed by atoms with Crippen molar-refractivity contribution in [2.45, 2.75) is 0 Å². The Morgan fingerprint density at radius 3 is 3.00 bits per heavy atom. The van der Waals surface area contributed by atoms with E-state index in [1.807, 2.05) is 36.2 Å². The standard InChI is InChI=1S/C8H13N3/c1-8-10(2)6-4-5-9-7-11(8)3/h4-6H,1,7H2,2-3H3/b6-4-,9-5-. The molecule has 0 aliphatic carbocycles. The number of aliphatic imine (C=N–C) groups is 1. The Kier molecular flexibility index (Phi) is 2.31. The first kappa shape index (κ1) is 7.85. The van der Waals surface area contributed by atoms with Crippen LogP contribution in [-0.4, -0.2) is 36.8 Å². The molecule has 3 nitrogen and oxygen atoms in total. The summed E-state index contributed by atoms with van der Waals surface area (Å²) in [5.41, 5.74) is 0. The quantitative estimate of drug-likeness (QED) is 0.511. The highest BCUT2D eigenvalue weighted by Crippen LogP contribution is 2.05. The Bertz CT molecular complexity index is 205. The predicted octanol–water partition coefficient (Wildman–Crippen LogP) is 0.877. The van der Waals surface area contributed by atoms with E-state index < -0.39 is 0 Å². The van der Waals surface area contributed by atoms with Gasteiger partial charge in [-0.1, -0.05) is 6.58 Å². The summed E-state index contributed by atoms with van der Waals surface area (Å²) < 4.78 is 0. The Morgan fingerprint density at radius 2 is 2.27 bits per heavy atom. The normalized spacial score (nSPS) is 24.4. The highest BCUT2D eigenvalue weighted by molar-refractivity contribution is 5.70. The van der Waals surface area contributed by atoms with Crippen molar-refractivity contribution in [3.63, 3.8) is 0 Å². The topological polar surface area (TPSA) is 18.8 Å². The number of allylic oxidation sites excluding steroid dienone is 1. The van der Waals surface area contributed by atoms with E-state index in [0.29, 0.717) is 6.67 Å². The fraction of sp³-hybridized carbons (Fsp3) is 0.375. The molecule has 0 atom stereocenters.